The van der Waals surface area contributed by atoms with Crippen LogP contribution in [0.4, 0.5) is 0 Å². The molecule has 2 unspecified atom stereocenters. The maximum absolute atomic E-state index is 6.13. The van der Waals surface area contributed by atoms with E-state index >= 15 is 0 Å². The summed E-state index contributed by atoms with van der Waals surface area (Å²) in [6, 6.07) is 2.69. The van der Waals surface area contributed by atoms with Crippen molar-refractivity contribution in [3.05, 3.63) is 22.4 Å². The van der Waals surface area contributed by atoms with Gasteiger partial charge in [-0.25, -0.2) is 0 Å². The normalized spacial score (nSPS) is 22.6. The van der Waals surface area contributed by atoms with E-state index in [9.17, 15) is 0 Å². The molecule has 1 saturated heterocycles. The first-order valence-electron chi connectivity index (χ1n) is 5.88. The Morgan fingerprint density at radius 2 is 2.31 bits per heavy atom. The molecule has 0 spiro atoms. The number of rotatable bonds is 3. The second kappa shape index (κ2) is 5.77. The molecule has 4 heteroatoms. The molecular weight excluding hydrogens is 220 g/mol. The lowest BCUT2D eigenvalue weighted by Crippen LogP contribution is -2.40. The van der Waals surface area contributed by atoms with Crippen molar-refractivity contribution in [2.45, 2.75) is 25.4 Å². The second-order valence-electron chi connectivity index (χ2n) is 4.36. The number of nitrogens with two attached hydrogens (primary N) is 1. The fraction of sp³-hybridized carbons (Fsp3) is 0.667. The van der Waals surface area contributed by atoms with E-state index in [4.69, 9.17) is 10.5 Å². The zero-order valence-electron chi connectivity index (χ0n) is 9.76. The highest BCUT2D eigenvalue weighted by Crippen LogP contribution is 2.26. The third kappa shape index (κ3) is 2.83. The molecule has 2 rings (SSSR count). The van der Waals surface area contributed by atoms with Crippen LogP contribution in [0.1, 0.15) is 24.9 Å². The highest BCUT2D eigenvalue weighted by Gasteiger charge is 2.24. The molecule has 0 amide bonds. The van der Waals surface area contributed by atoms with Gasteiger partial charge in [-0.15, -0.1) is 0 Å². The quantitative estimate of drug-likeness (QED) is 0.876. The predicted octanol–water partition coefficient (Wildman–Crippen LogP) is 1.86. The Morgan fingerprint density at radius 1 is 1.44 bits per heavy atom. The molecule has 16 heavy (non-hydrogen) atoms. The van der Waals surface area contributed by atoms with Crippen LogP contribution >= 0.6 is 11.3 Å². The van der Waals surface area contributed by atoms with Gasteiger partial charge in [-0.1, -0.05) is 0 Å². The molecule has 3 nitrogen and oxygen atoms in total. The van der Waals surface area contributed by atoms with E-state index < -0.39 is 0 Å². The molecule has 1 aromatic heterocycles. The van der Waals surface area contributed by atoms with Crippen LogP contribution in [0.5, 0.6) is 0 Å². The Morgan fingerprint density at radius 3 is 3.00 bits per heavy atom. The van der Waals surface area contributed by atoms with Crippen molar-refractivity contribution in [1.29, 1.82) is 0 Å². The molecule has 2 N–H and O–H groups in total. The van der Waals surface area contributed by atoms with Gasteiger partial charge in [0.05, 0.1) is 12.6 Å². The van der Waals surface area contributed by atoms with Gasteiger partial charge in [-0.3, -0.25) is 4.90 Å². The van der Waals surface area contributed by atoms with Crippen molar-refractivity contribution < 1.29 is 4.74 Å². The van der Waals surface area contributed by atoms with E-state index in [0.717, 1.165) is 32.7 Å². The third-order valence-corrected chi connectivity index (χ3v) is 3.73. The number of hydrogen-bond donors (Lipinski definition) is 1. The summed E-state index contributed by atoms with van der Waals surface area (Å²) in [5, 5.41) is 4.33. The molecule has 1 aliphatic rings. The van der Waals surface area contributed by atoms with Crippen molar-refractivity contribution in [3.63, 3.8) is 0 Å². The van der Waals surface area contributed by atoms with E-state index in [2.05, 4.69) is 28.7 Å². The molecule has 1 aliphatic heterocycles. The van der Waals surface area contributed by atoms with Crippen LogP contribution in [0, 0.1) is 0 Å². The maximum atomic E-state index is 6.13. The minimum absolute atomic E-state index is 0.160. The van der Waals surface area contributed by atoms with Gasteiger partial charge >= 0.3 is 0 Å². The van der Waals surface area contributed by atoms with E-state index in [0.29, 0.717) is 6.04 Å². The summed E-state index contributed by atoms with van der Waals surface area (Å²) in [6.45, 7) is 5.87. The topological polar surface area (TPSA) is 38.5 Å². The molecule has 0 radical (unpaired) electrons. The molecule has 0 aliphatic carbocycles. The van der Waals surface area contributed by atoms with Crippen LogP contribution in [0.15, 0.2) is 16.8 Å². The Balaban J connectivity index is 2.12. The zero-order chi connectivity index (χ0) is 11.4. The third-order valence-electron chi connectivity index (χ3n) is 3.03. The number of hydrogen-bond acceptors (Lipinski definition) is 4. The summed E-state index contributed by atoms with van der Waals surface area (Å²) >= 11 is 1.74. The highest BCUT2D eigenvalue weighted by molar-refractivity contribution is 7.07. The van der Waals surface area contributed by atoms with Gasteiger partial charge in [-0.2, -0.15) is 11.3 Å². The van der Waals surface area contributed by atoms with Gasteiger partial charge in [0, 0.05) is 25.7 Å². The van der Waals surface area contributed by atoms with Crippen molar-refractivity contribution >= 4 is 11.3 Å². The van der Waals surface area contributed by atoms with Crippen molar-refractivity contribution in [1.82, 2.24) is 4.90 Å². The average molecular weight is 240 g/mol. The van der Waals surface area contributed by atoms with Crippen LogP contribution in [0.3, 0.4) is 0 Å². The fourth-order valence-corrected chi connectivity index (χ4v) is 3.02. The summed E-state index contributed by atoms with van der Waals surface area (Å²) < 4.78 is 5.49. The van der Waals surface area contributed by atoms with Crippen LogP contribution in [-0.2, 0) is 4.74 Å². The summed E-state index contributed by atoms with van der Waals surface area (Å²) in [7, 11) is 0. The van der Waals surface area contributed by atoms with Crippen LogP contribution in [0.25, 0.3) is 0 Å². The van der Waals surface area contributed by atoms with Gasteiger partial charge in [0.2, 0.25) is 0 Å². The highest BCUT2D eigenvalue weighted by atomic mass is 32.1. The maximum Gasteiger partial charge on any atom is 0.0593 e. The number of nitrogens with zero attached hydrogens (tertiary/aromatic N) is 1. The minimum Gasteiger partial charge on any atom is -0.380 e. The van der Waals surface area contributed by atoms with E-state index in [1.807, 2.05) is 0 Å². The largest absolute Gasteiger partial charge is 0.380 e. The molecule has 2 atom stereocenters. The van der Waals surface area contributed by atoms with Gasteiger partial charge < -0.3 is 10.5 Å². The molecule has 0 saturated carbocycles. The van der Waals surface area contributed by atoms with Gasteiger partial charge in [0.25, 0.3) is 0 Å². The Bertz CT molecular complexity index is 292. The molecule has 1 fully saturated rings. The monoisotopic (exact) mass is 240 g/mol. The van der Waals surface area contributed by atoms with Gasteiger partial charge in [-0.05, 0) is 35.7 Å². The standard InChI is InChI=1S/C12H20N2OS/c1-10(13)12(11-3-8-16-9-11)14-4-2-6-15-7-5-14/h3,8-10,12H,2,4-7,13H2,1H3. The molecule has 2 heterocycles. The van der Waals surface area contributed by atoms with Gasteiger partial charge in [0.1, 0.15) is 0 Å². The second-order valence-corrected chi connectivity index (χ2v) is 5.14. The minimum atomic E-state index is 0.160. The summed E-state index contributed by atoms with van der Waals surface area (Å²) in [5.74, 6) is 0. The van der Waals surface area contributed by atoms with Crippen molar-refractivity contribution in [2.24, 2.45) is 5.73 Å². The lowest BCUT2D eigenvalue weighted by Gasteiger charge is -2.32. The average Bonchev–Trinajstić information content (AvgIpc) is 2.62. The number of thiophene rings is 1. The van der Waals surface area contributed by atoms with Crippen molar-refractivity contribution in [3.8, 4) is 0 Å². The first-order chi connectivity index (χ1) is 7.79. The Kier molecular flexibility index (Phi) is 4.35. The van der Waals surface area contributed by atoms with Gasteiger partial charge in [0.15, 0.2) is 0 Å². The first-order valence-corrected chi connectivity index (χ1v) is 6.83. The van der Waals surface area contributed by atoms with E-state index in [1.54, 1.807) is 11.3 Å². The predicted molar refractivity (Wildman–Crippen MR) is 67.7 cm³/mol. The molecular formula is C12H20N2OS. The van der Waals surface area contributed by atoms with E-state index in [-0.39, 0.29) is 6.04 Å². The Hall–Kier alpha value is -0.420. The summed E-state index contributed by atoms with van der Waals surface area (Å²) in [4.78, 5) is 2.46. The smallest absolute Gasteiger partial charge is 0.0593 e. The van der Waals surface area contributed by atoms with Crippen LogP contribution < -0.4 is 5.73 Å². The van der Waals surface area contributed by atoms with E-state index in [1.165, 1.54) is 5.56 Å². The zero-order valence-corrected chi connectivity index (χ0v) is 10.6. The SMILES string of the molecule is CC(N)C(c1ccsc1)N1CCCOCC1. The van der Waals surface area contributed by atoms with Crippen LogP contribution in [0.2, 0.25) is 0 Å². The van der Waals surface area contributed by atoms with Crippen molar-refractivity contribution in [2.75, 3.05) is 26.3 Å². The summed E-state index contributed by atoms with van der Waals surface area (Å²) in [5.41, 5.74) is 7.48. The first kappa shape index (κ1) is 12.0. The molecule has 1 aromatic rings. The lowest BCUT2D eigenvalue weighted by molar-refractivity contribution is 0.127. The number of ether oxygens (including phenoxy) is 1. The fourth-order valence-electron chi connectivity index (χ4n) is 2.33. The molecule has 0 bridgehead atoms. The summed E-state index contributed by atoms with van der Waals surface area (Å²) in [6.07, 6.45) is 1.10. The van der Waals surface area contributed by atoms with Crippen LogP contribution in [-0.4, -0.2) is 37.2 Å². The Labute approximate surface area is 101 Å². The lowest BCUT2D eigenvalue weighted by atomic mass is 10.0. The molecule has 90 valence electrons. The molecule has 0 aromatic carbocycles.